The fraction of sp³-hybridized carbons (Fsp3) is 0.250. The second-order valence-corrected chi connectivity index (χ2v) is 4.62. The van der Waals surface area contributed by atoms with Crippen molar-refractivity contribution in [3.8, 4) is 0 Å². The number of hydrogen-bond acceptors (Lipinski definition) is 4. The van der Waals surface area contributed by atoms with Crippen molar-refractivity contribution in [2.45, 2.75) is 6.42 Å². The Labute approximate surface area is 123 Å². The van der Waals surface area contributed by atoms with Gasteiger partial charge in [-0.1, -0.05) is 15.9 Å². The Kier molecular flexibility index (Phi) is 5.98. The number of hydrogen-bond donors (Lipinski definition) is 3. The summed E-state index contributed by atoms with van der Waals surface area (Å²) in [7, 11) is 1.24. The molecule has 0 aliphatic carbocycles. The second-order valence-electron chi connectivity index (χ2n) is 3.71. The Balaban J connectivity index is 2.74. The van der Waals surface area contributed by atoms with Gasteiger partial charge in [-0.25, -0.2) is 9.59 Å². The van der Waals surface area contributed by atoms with Crippen molar-refractivity contribution < 1.29 is 24.2 Å². The third-order valence-corrected chi connectivity index (χ3v) is 2.75. The van der Waals surface area contributed by atoms with Crippen LogP contribution in [0.1, 0.15) is 16.8 Å². The zero-order valence-electron chi connectivity index (χ0n) is 10.6. The first kappa shape index (κ1) is 16.0. The van der Waals surface area contributed by atoms with Crippen LogP contribution in [0.15, 0.2) is 22.7 Å². The second kappa shape index (κ2) is 7.49. The van der Waals surface area contributed by atoms with Crippen LogP contribution in [-0.2, 0) is 9.53 Å². The maximum Gasteiger partial charge on any atom is 0.340 e. The number of methoxy groups -OCH3 is 1. The molecule has 0 bridgehead atoms. The Morgan fingerprint density at radius 3 is 2.65 bits per heavy atom. The standard InChI is InChI=1S/C12H13BrN2O5/c1-20-11(18)8-6-7(13)2-3-9(8)15-12(19)14-5-4-10(16)17/h2-3,6H,4-5H2,1H3,(H,16,17)(H2,14,15,19). The summed E-state index contributed by atoms with van der Waals surface area (Å²) in [6, 6.07) is 4.10. The molecule has 2 amide bonds. The number of anilines is 1. The molecule has 0 radical (unpaired) electrons. The molecule has 108 valence electrons. The predicted octanol–water partition coefficient (Wildman–Crippen LogP) is 1.83. The van der Waals surface area contributed by atoms with Gasteiger partial charge in [0.05, 0.1) is 24.8 Å². The maximum absolute atomic E-state index is 11.6. The molecular weight excluding hydrogens is 332 g/mol. The van der Waals surface area contributed by atoms with Crippen LogP contribution in [0.4, 0.5) is 10.5 Å². The molecule has 0 saturated heterocycles. The van der Waals surface area contributed by atoms with Gasteiger partial charge >= 0.3 is 18.0 Å². The molecule has 0 aliphatic heterocycles. The van der Waals surface area contributed by atoms with Gasteiger partial charge in [-0.15, -0.1) is 0 Å². The molecule has 0 saturated carbocycles. The lowest BCUT2D eigenvalue weighted by Gasteiger charge is -2.10. The van der Waals surface area contributed by atoms with Gasteiger partial charge in [0.1, 0.15) is 0 Å². The summed E-state index contributed by atoms with van der Waals surface area (Å²) in [6.45, 7) is -0.00868. The lowest BCUT2D eigenvalue weighted by Crippen LogP contribution is -2.31. The number of carboxylic acids is 1. The minimum atomic E-state index is -1.01. The zero-order valence-corrected chi connectivity index (χ0v) is 12.2. The molecule has 7 nitrogen and oxygen atoms in total. The normalized spacial score (nSPS) is 9.70. The number of amides is 2. The Hall–Kier alpha value is -2.09. The van der Waals surface area contributed by atoms with E-state index in [0.29, 0.717) is 4.47 Å². The van der Waals surface area contributed by atoms with Crippen LogP contribution in [0.3, 0.4) is 0 Å². The van der Waals surface area contributed by atoms with Crippen molar-refractivity contribution in [2.24, 2.45) is 0 Å². The largest absolute Gasteiger partial charge is 0.481 e. The highest BCUT2D eigenvalue weighted by atomic mass is 79.9. The molecule has 0 fully saturated rings. The minimum absolute atomic E-state index is 0.00868. The molecular formula is C12H13BrN2O5. The van der Waals surface area contributed by atoms with Gasteiger partial charge in [0, 0.05) is 11.0 Å². The predicted molar refractivity (Wildman–Crippen MR) is 74.8 cm³/mol. The number of aliphatic carboxylic acids is 1. The van der Waals surface area contributed by atoms with Crippen molar-refractivity contribution in [1.29, 1.82) is 0 Å². The van der Waals surface area contributed by atoms with Gasteiger partial charge in [0.15, 0.2) is 0 Å². The number of carbonyl (C=O) groups excluding carboxylic acids is 2. The van der Waals surface area contributed by atoms with E-state index in [0.717, 1.165) is 0 Å². The van der Waals surface area contributed by atoms with Gasteiger partial charge < -0.3 is 20.5 Å². The molecule has 1 rings (SSSR count). The first-order valence-electron chi connectivity index (χ1n) is 5.58. The van der Waals surface area contributed by atoms with E-state index in [4.69, 9.17) is 5.11 Å². The summed E-state index contributed by atoms with van der Waals surface area (Å²) >= 11 is 3.22. The summed E-state index contributed by atoms with van der Waals surface area (Å²) in [6.07, 6.45) is -0.183. The number of carboxylic acid groups (broad SMARTS) is 1. The van der Waals surface area contributed by atoms with Crippen LogP contribution in [0, 0.1) is 0 Å². The average molecular weight is 345 g/mol. The monoisotopic (exact) mass is 344 g/mol. The molecule has 0 aliphatic rings. The number of halogens is 1. The molecule has 8 heteroatoms. The first-order chi connectivity index (χ1) is 9.43. The van der Waals surface area contributed by atoms with E-state index in [1.807, 2.05) is 0 Å². The molecule has 0 aromatic heterocycles. The molecule has 1 aromatic rings. The van der Waals surface area contributed by atoms with Crippen molar-refractivity contribution in [3.05, 3.63) is 28.2 Å². The number of rotatable bonds is 5. The first-order valence-corrected chi connectivity index (χ1v) is 6.38. The SMILES string of the molecule is COC(=O)c1cc(Br)ccc1NC(=O)NCCC(=O)O. The highest BCUT2D eigenvalue weighted by Gasteiger charge is 2.14. The average Bonchev–Trinajstić information content (AvgIpc) is 2.39. The summed E-state index contributed by atoms with van der Waals surface area (Å²) in [5.41, 5.74) is 0.461. The van der Waals surface area contributed by atoms with Gasteiger partial charge in [0.2, 0.25) is 0 Å². The molecule has 0 unspecified atom stereocenters. The molecule has 20 heavy (non-hydrogen) atoms. The van der Waals surface area contributed by atoms with Crippen LogP contribution in [0.5, 0.6) is 0 Å². The summed E-state index contributed by atoms with van der Waals surface area (Å²) in [4.78, 5) is 33.5. The fourth-order valence-corrected chi connectivity index (χ4v) is 1.71. The lowest BCUT2D eigenvalue weighted by atomic mass is 10.2. The minimum Gasteiger partial charge on any atom is -0.481 e. The van der Waals surface area contributed by atoms with E-state index in [2.05, 4.69) is 31.3 Å². The van der Waals surface area contributed by atoms with Crippen molar-refractivity contribution in [1.82, 2.24) is 5.32 Å². The van der Waals surface area contributed by atoms with E-state index in [-0.39, 0.29) is 24.2 Å². The van der Waals surface area contributed by atoms with E-state index in [1.165, 1.54) is 19.2 Å². The van der Waals surface area contributed by atoms with E-state index < -0.39 is 18.0 Å². The van der Waals surface area contributed by atoms with E-state index >= 15 is 0 Å². The van der Waals surface area contributed by atoms with E-state index in [1.54, 1.807) is 6.07 Å². The third kappa shape index (κ3) is 4.88. The number of benzene rings is 1. The Morgan fingerprint density at radius 1 is 1.35 bits per heavy atom. The number of esters is 1. The lowest BCUT2D eigenvalue weighted by molar-refractivity contribution is -0.136. The molecule has 0 heterocycles. The highest BCUT2D eigenvalue weighted by molar-refractivity contribution is 9.10. The quantitative estimate of drug-likeness (QED) is 0.706. The van der Waals surface area contributed by atoms with Crippen LogP contribution in [0.2, 0.25) is 0 Å². The van der Waals surface area contributed by atoms with Gasteiger partial charge in [-0.2, -0.15) is 0 Å². The summed E-state index contributed by atoms with van der Waals surface area (Å²) < 4.78 is 5.28. The number of carbonyl (C=O) groups is 3. The topological polar surface area (TPSA) is 105 Å². The summed E-state index contributed by atoms with van der Waals surface area (Å²) in [5.74, 6) is -1.60. The Bertz CT molecular complexity index is 533. The number of nitrogens with one attached hydrogen (secondary N) is 2. The highest BCUT2D eigenvalue weighted by Crippen LogP contribution is 2.21. The van der Waals surface area contributed by atoms with Crippen molar-refractivity contribution in [3.63, 3.8) is 0 Å². The van der Waals surface area contributed by atoms with E-state index in [9.17, 15) is 14.4 Å². The smallest absolute Gasteiger partial charge is 0.340 e. The van der Waals surface area contributed by atoms with Crippen LogP contribution < -0.4 is 10.6 Å². The summed E-state index contributed by atoms with van der Waals surface area (Å²) in [5, 5.41) is 13.3. The van der Waals surface area contributed by atoms with Crippen molar-refractivity contribution in [2.75, 3.05) is 19.0 Å². The van der Waals surface area contributed by atoms with Gasteiger partial charge in [-0.05, 0) is 18.2 Å². The number of ether oxygens (including phenoxy) is 1. The molecule has 3 N–H and O–H groups in total. The van der Waals surface area contributed by atoms with Gasteiger partial charge in [0.25, 0.3) is 0 Å². The van der Waals surface area contributed by atoms with Crippen LogP contribution >= 0.6 is 15.9 Å². The zero-order chi connectivity index (χ0) is 15.1. The molecule has 0 spiro atoms. The fourth-order valence-electron chi connectivity index (χ4n) is 1.35. The van der Waals surface area contributed by atoms with Gasteiger partial charge in [-0.3, -0.25) is 4.79 Å². The van der Waals surface area contributed by atoms with Crippen LogP contribution in [-0.4, -0.2) is 36.7 Å². The number of urea groups is 1. The Morgan fingerprint density at radius 2 is 2.05 bits per heavy atom. The van der Waals surface area contributed by atoms with Crippen molar-refractivity contribution >= 4 is 39.6 Å². The van der Waals surface area contributed by atoms with Crippen LogP contribution in [0.25, 0.3) is 0 Å². The third-order valence-electron chi connectivity index (χ3n) is 2.26. The molecule has 1 aromatic carbocycles. The maximum atomic E-state index is 11.6. The molecule has 0 atom stereocenters.